The van der Waals surface area contributed by atoms with Gasteiger partial charge in [-0.2, -0.15) is 13.2 Å². The van der Waals surface area contributed by atoms with Gasteiger partial charge in [-0.3, -0.25) is 0 Å². The predicted molar refractivity (Wildman–Crippen MR) is 76.4 cm³/mol. The average molecular weight is 338 g/mol. The molecule has 0 aliphatic heterocycles. The minimum atomic E-state index is -4.73. The smallest absolute Gasteiger partial charge is 0.309 e. The monoisotopic (exact) mass is 337 g/mol. The third-order valence-electron chi connectivity index (χ3n) is 3.11. The molecule has 1 heterocycles. The molecule has 0 aliphatic carbocycles. The van der Waals surface area contributed by atoms with Crippen molar-refractivity contribution in [2.45, 2.75) is 19.1 Å². The van der Waals surface area contributed by atoms with Gasteiger partial charge < -0.3 is 5.32 Å². The summed E-state index contributed by atoms with van der Waals surface area (Å²) in [5.74, 6) is -1.28. The van der Waals surface area contributed by atoms with Crippen LogP contribution in [0.2, 0.25) is 5.02 Å². The fourth-order valence-electron chi connectivity index (χ4n) is 2.03. The summed E-state index contributed by atoms with van der Waals surface area (Å²) in [4.78, 5) is 0.705. The number of hydrogen-bond donors (Lipinski definition) is 1. The van der Waals surface area contributed by atoms with E-state index in [1.165, 1.54) is 17.4 Å². The van der Waals surface area contributed by atoms with Gasteiger partial charge in [-0.25, -0.2) is 4.39 Å². The summed E-state index contributed by atoms with van der Waals surface area (Å²) < 4.78 is 51.7. The molecule has 0 bridgehead atoms. The molecule has 1 aromatic heterocycles. The SMILES string of the molecule is CNC(c1ccc(F)c(C(F)(F)F)c1)c1scc(C)c1Cl. The van der Waals surface area contributed by atoms with Crippen LogP contribution in [0.15, 0.2) is 23.6 Å². The van der Waals surface area contributed by atoms with Crippen LogP contribution in [0.5, 0.6) is 0 Å². The van der Waals surface area contributed by atoms with E-state index in [1.54, 1.807) is 7.05 Å². The van der Waals surface area contributed by atoms with Gasteiger partial charge in [0, 0.05) is 4.88 Å². The summed E-state index contributed by atoms with van der Waals surface area (Å²) in [5, 5.41) is 5.26. The number of thiophene rings is 1. The number of alkyl halides is 3. The Morgan fingerprint density at radius 3 is 2.43 bits per heavy atom. The van der Waals surface area contributed by atoms with E-state index in [0.717, 1.165) is 17.7 Å². The molecule has 1 atom stereocenters. The zero-order valence-electron chi connectivity index (χ0n) is 11.2. The quantitative estimate of drug-likeness (QED) is 0.761. The van der Waals surface area contributed by atoms with Gasteiger partial charge >= 0.3 is 6.18 Å². The molecule has 0 fully saturated rings. The minimum Gasteiger partial charge on any atom is -0.309 e. The maximum absolute atomic E-state index is 13.4. The van der Waals surface area contributed by atoms with E-state index in [1.807, 2.05) is 12.3 Å². The van der Waals surface area contributed by atoms with Crippen LogP contribution in [-0.4, -0.2) is 7.05 Å². The highest BCUT2D eigenvalue weighted by molar-refractivity contribution is 7.10. The van der Waals surface area contributed by atoms with Crippen molar-refractivity contribution >= 4 is 22.9 Å². The summed E-state index contributed by atoms with van der Waals surface area (Å²) >= 11 is 7.52. The van der Waals surface area contributed by atoms with E-state index in [0.29, 0.717) is 15.5 Å². The maximum atomic E-state index is 13.4. The Morgan fingerprint density at radius 1 is 1.29 bits per heavy atom. The first-order valence-electron chi connectivity index (χ1n) is 6.03. The first kappa shape index (κ1) is 16.3. The predicted octanol–water partition coefficient (Wildman–Crippen LogP) is 5.18. The molecule has 1 aromatic carbocycles. The highest BCUT2D eigenvalue weighted by Gasteiger charge is 2.35. The fourth-order valence-corrected chi connectivity index (χ4v) is 3.47. The first-order chi connectivity index (χ1) is 9.75. The lowest BCUT2D eigenvalue weighted by Gasteiger charge is -2.18. The van der Waals surface area contributed by atoms with Gasteiger partial charge in [0.1, 0.15) is 5.82 Å². The highest BCUT2D eigenvalue weighted by Crippen LogP contribution is 2.38. The zero-order chi connectivity index (χ0) is 15.8. The molecule has 21 heavy (non-hydrogen) atoms. The second kappa shape index (κ2) is 5.94. The Hall–Kier alpha value is -1.11. The van der Waals surface area contributed by atoms with Gasteiger partial charge in [-0.05, 0) is 42.6 Å². The largest absolute Gasteiger partial charge is 0.419 e. The topological polar surface area (TPSA) is 12.0 Å². The molecule has 7 heteroatoms. The number of hydrogen-bond acceptors (Lipinski definition) is 2. The van der Waals surface area contributed by atoms with Crippen LogP contribution >= 0.6 is 22.9 Å². The van der Waals surface area contributed by atoms with Crippen molar-refractivity contribution in [3.05, 3.63) is 56.0 Å². The summed E-state index contributed by atoms with van der Waals surface area (Å²) in [6.07, 6.45) is -4.73. The van der Waals surface area contributed by atoms with Gasteiger partial charge in [0.2, 0.25) is 0 Å². The molecule has 0 spiro atoms. The van der Waals surface area contributed by atoms with Gasteiger partial charge in [-0.15, -0.1) is 11.3 Å². The van der Waals surface area contributed by atoms with Crippen LogP contribution < -0.4 is 5.32 Å². The Balaban J connectivity index is 2.51. The Bertz CT molecular complexity index is 651. The lowest BCUT2D eigenvalue weighted by molar-refractivity contribution is -0.140. The molecule has 2 rings (SSSR count). The normalized spacial score (nSPS) is 13.5. The third-order valence-corrected chi connectivity index (χ3v) is 4.88. The number of benzene rings is 1. The van der Waals surface area contributed by atoms with Gasteiger partial charge in [-0.1, -0.05) is 17.7 Å². The van der Waals surface area contributed by atoms with Crippen LogP contribution in [0.4, 0.5) is 17.6 Å². The van der Waals surface area contributed by atoms with Crippen LogP contribution in [0.3, 0.4) is 0 Å². The average Bonchev–Trinajstić information content (AvgIpc) is 2.72. The molecule has 0 radical (unpaired) electrons. The number of rotatable bonds is 3. The van der Waals surface area contributed by atoms with E-state index >= 15 is 0 Å². The standard InChI is InChI=1S/C14H12ClF4NS/c1-7-6-21-13(11(7)15)12(20-2)8-3-4-10(16)9(5-8)14(17,18)19/h3-6,12,20H,1-2H3. The summed E-state index contributed by atoms with van der Waals surface area (Å²) in [5.41, 5.74) is -0.102. The molecule has 0 saturated carbocycles. The fraction of sp³-hybridized carbons (Fsp3) is 0.286. The van der Waals surface area contributed by atoms with Crippen molar-refractivity contribution in [1.82, 2.24) is 5.32 Å². The molecule has 0 aliphatic rings. The molecule has 1 unspecified atom stereocenters. The molecule has 2 aromatic rings. The van der Waals surface area contributed by atoms with E-state index in [4.69, 9.17) is 11.6 Å². The van der Waals surface area contributed by atoms with E-state index in [-0.39, 0.29) is 0 Å². The van der Waals surface area contributed by atoms with E-state index < -0.39 is 23.6 Å². The third kappa shape index (κ3) is 3.22. The van der Waals surface area contributed by atoms with Gasteiger partial charge in [0.25, 0.3) is 0 Å². The summed E-state index contributed by atoms with van der Waals surface area (Å²) in [7, 11) is 1.62. The molecule has 114 valence electrons. The Labute approximate surface area is 128 Å². The van der Waals surface area contributed by atoms with Crippen molar-refractivity contribution in [2.24, 2.45) is 0 Å². The lowest BCUT2D eigenvalue weighted by atomic mass is 10.0. The van der Waals surface area contributed by atoms with Gasteiger partial charge in [0.15, 0.2) is 0 Å². The molecular formula is C14H12ClF4NS. The zero-order valence-corrected chi connectivity index (χ0v) is 12.8. The molecule has 1 nitrogen and oxygen atoms in total. The summed E-state index contributed by atoms with van der Waals surface area (Å²) in [6, 6.07) is 2.47. The number of aryl methyl sites for hydroxylation is 1. The van der Waals surface area contributed by atoms with Crippen LogP contribution in [0.25, 0.3) is 0 Å². The second-order valence-electron chi connectivity index (χ2n) is 4.56. The van der Waals surface area contributed by atoms with Crippen molar-refractivity contribution < 1.29 is 17.6 Å². The molecule has 1 N–H and O–H groups in total. The highest BCUT2D eigenvalue weighted by atomic mass is 35.5. The maximum Gasteiger partial charge on any atom is 0.419 e. The van der Waals surface area contributed by atoms with Crippen LogP contribution in [0, 0.1) is 12.7 Å². The minimum absolute atomic E-state index is 0.315. The molecule has 0 saturated heterocycles. The van der Waals surface area contributed by atoms with Crippen LogP contribution in [0.1, 0.15) is 27.6 Å². The molecule has 0 amide bonds. The lowest BCUT2D eigenvalue weighted by Crippen LogP contribution is -2.18. The number of nitrogens with one attached hydrogen (secondary N) is 1. The summed E-state index contributed by atoms with van der Waals surface area (Å²) in [6.45, 7) is 1.82. The van der Waals surface area contributed by atoms with Gasteiger partial charge in [0.05, 0.1) is 16.6 Å². The van der Waals surface area contributed by atoms with Crippen molar-refractivity contribution in [2.75, 3.05) is 7.05 Å². The number of halogens is 5. The van der Waals surface area contributed by atoms with E-state index in [9.17, 15) is 17.6 Å². The Kier molecular flexibility index (Phi) is 4.60. The van der Waals surface area contributed by atoms with E-state index in [2.05, 4.69) is 5.32 Å². The van der Waals surface area contributed by atoms with Crippen molar-refractivity contribution in [3.63, 3.8) is 0 Å². The molecular weight excluding hydrogens is 326 g/mol. The van der Waals surface area contributed by atoms with Crippen molar-refractivity contribution in [1.29, 1.82) is 0 Å². The Morgan fingerprint density at radius 2 is 1.95 bits per heavy atom. The van der Waals surface area contributed by atoms with Crippen molar-refractivity contribution in [3.8, 4) is 0 Å². The second-order valence-corrected chi connectivity index (χ2v) is 5.84. The van der Waals surface area contributed by atoms with Crippen LogP contribution in [-0.2, 0) is 6.18 Å². The first-order valence-corrected chi connectivity index (χ1v) is 7.29.